The third-order valence-corrected chi connectivity index (χ3v) is 6.31. The van der Waals surface area contributed by atoms with Crippen LogP contribution >= 0.6 is 0 Å². The lowest BCUT2D eigenvalue weighted by Crippen LogP contribution is -2.41. The molecule has 1 aliphatic heterocycles. The van der Waals surface area contributed by atoms with Gasteiger partial charge in [-0.1, -0.05) is 26.3 Å². The fourth-order valence-corrected chi connectivity index (χ4v) is 4.04. The second kappa shape index (κ2) is 13.1. The number of halogens is 1. The van der Waals surface area contributed by atoms with Gasteiger partial charge >= 0.3 is 6.03 Å². The zero-order chi connectivity index (χ0) is 24.4. The number of hydrogen-bond acceptors (Lipinski definition) is 3. The fraction of sp³-hybridized carbons (Fsp3) is 0.577. The molecule has 1 saturated heterocycles. The van der Waals surface area contributed by atoms with Gasteiger partial charge in [-0.05, 0) is 75.3 Å². The Bertz CT molecular complexity index is 837. The molecule has 1 aliphatic rings. The molecule has 0 N–H and O–H groups in total. The van der Waals surface area contributed by atoms with Gasteiger partial charge in [-0.15, -0.1) is 0 Å². The van der Waals surface area contributed by atoms with E-state index in [2.05, 4.69) is 12.0 Å². The molecule has 0 spiro atoms. The zero-order valence-corrected chi connectivity index (χ0v) is 20.8. The molecule has 0 radical (unpaired) electrons. The number of hydrazone groups is 1. The van der Waals surface area contributed by atoms with Crippen LogP contribution < -0.4 is 4.90 Å². The lowest BCUT2D eigenvalue weighted by atomic mass is 10.0. The summed E-state index contributed by atoms with van der Waals surface area (Å²) in [6.07, 6.45) is 8.24. The predicted octanol–water partition coefficient (Wildman–Crippen LogP) is 5.70. The Labute approximate surface area is 198 Å². The largest absolute Gasteiger partial charge is 0.344 e. The Hall–Kier alpha value is -2.70. The molecule has 2 unspecified atom stereocenters. The maximum absolute atomic E-state index is 13.3. The first-order valence-corrected chi connectivity index (χ1v) is 12.0. The van der Waals surface area contributed by atoms with Crippen molar-refractivity contribution in [1.82, 2.24) is 9.91 Å². The van der Waals surface area contributed by atoms with Gasteiger partial charge < -0.3 is 4.90 Å². The smallest absolute Gasteiger partial charge is 0.342 e. The van der Waals surface area contributed by atoms with Crippen LogP contribution in [0, 0.1) is 17.7 Å². The molecule has 1 aromatic rings. The molecule has 33 heavy (non-hydrogen) atoms. The Morgan fingerprint density at radius 2 is 1.94 bits per heavy atom. The van der Waals surface area contributed by atoms with E-state index in [-0.39, 0.29) is 29.6 Å². The van der Waals surface area contributed by atoms with Crippen LogP contribution in [0.15, 0.2) is 41.0 Å². The van der Waals surface area contributed by atoms with E-state index in [1.807, 2.05) is 31.7 Å². The summed E-state index contributed by atoms with van der Waals surface area (Å²) in [7, 11) is 1.67. The van der Waals surface area contributed by atoms with E-state index in [0.717, 1.165) is 44.2 Å². The number of benzene rings is 1. The van der Waals surface area contributed by atoms with Crippen molar-refractivity contribution in [3.8, 4) is 0 Å². The van der Waals surface area contributed by atoms with Crippen LogP contribution in [0.4, 0.5) is 14.9 Å². The van der Waals surface area contributed by atoms with Gasteiger partial charge in [0.05, 0.1) is 6.21 Å². The minimum absolute atomic E-state index is 0.0578. The molecule has 1 heterocycles. The highest BCUT2D eigenvalue weighted by molar-refractivity contribution is 5.92. The molecule has 2 rings (SSSR count). The van der Waals surface area contributed by atoms with Crippen LogP contribution in [0.5, 0.6) is 0 Å². The third-order valence-electron chi connectivity index (χ3n) is 6.31. The van der Waals surface area contributed by atoms with Crippen LogP contribution in [-0.4, -0.2) is 54.7 Å². The van der Waals surface area contributed by atoms with Crippen molar-refractivity contribution < 1.29 is 14.0 Å². The minimum atomic E-state index is -0.344. The number of anilines is 1. The molecule has 0 bridgehead atoms. The summed E-state index contributed by atoms with van der Waals surface area (Å²) in [5.41, 5.74) is 1.56. The normalized spacial score (nSPS) is 18.2. The van der Waals surface area contributed by atoms with Crippen molar-refractivity contribution in [1.29, 1.82) is 0 Å². The molecule has 1 fully saturated rings. The van der Waals surface area contributed by atoms with Crippen LogP contribution in [0.25, 0.3) is 0 Å². The first kappa shape index (κ1) is 26.6. The number of allylic oxidation sites excluding steroid dienone is 2. The first-order chi connectivity index (χ1) is 15.8. The lowest BCUT2D eigenvalue weighted by Gasteiger charge is -2.28. The van der Waals surface area contributed by atoms with Crippen molar-refractivity contribution >= 4 is 23.8 Å². The summed E-state index contributed by atoms with van der Waals surface area (Å²) in [5.74, 6) is 0.201. The highest BCUT2D eigenvalue weighted by atomic mass is 19.1. The number of likely N-dealkylation sites (tertiary alicyclic amines) is 1. The standard InChI is InChI=1S/C26H39FN4O2/c1-6-9-21(4)25(32)30-16-8-10-22(15-17-30)19-31(28-18-20(3)7-2)26(33)29(5)24-13-11-23(27)12-14-24/h7,11-14,18,21-22H,6,8-10,15-17,19H2,1-5H3/b20-7+,28-18+. The molecular weight excluding hydrogens is 419 g/mol. The topological polar surface area (TPSA) is 56.2 Å². The quantitative estimate of drug-likeness (QED) is 0.371. The second-order valence-electron chi connectivity index (χ2n) is 8.99. The van der Waals surface area contributed by atoms with Crippen LogP contribution in [0.2, 0.25) is 0 Å². The van der Waals surface area contributed by atoms with Gasteiger partial charge in [-0.3, -0.25) is 9.69 Å². The number of hydrogen-bond donors (Lipinski definition) is 0. The highest BCUT2D eigenvalue weighted by Crippen LogP contribution is 2.23. The molecular formula is C26H39FN4O2. The zero-order valence-electron chi connectivity index (χ0n) is 20.8. The molecule has 0 aromatic heterocycles. The van der Waals surface area contributed by atoms with E-state index in [4.69, 9.17) is 0 Å². The third kappa shape index (κ3) is 7.98. The van der Waals surface area contributed by atoms with E-state index in [1.165, 1.54) is 22.0 Å². The first-order valence-electron chi connectivity index (χ1n) is 12.0. The van der Waals surface area contributed by atoms with Crippen molar-refractivity contribution in [2.45, 2.75) is 59.8 Å². The van der Waals surface area contributed by atoms with E-state index < -0.39 is 0 Å². The van der Waals surface area contributed by atoms with E-state index in [9.17, 15) is 14.0 Å². The number of nitrogens with zero attached hydrogens (tertiary/aromatic N) is 4. The van der Waals surface area contributed by atoms with Gasteiger partial charge in [0, 0.05) is 38.3 Å². The predicted molar refractivity (Wildman–Crippen MR) is 133 cm³/mol. The van der Waals surface area contributed by atoms with Gasteiger partial charge in [0.2, 0.25) is 5.91 Å². The summed E-state index contributed by atoms with van der Waals surface area (Å²) in [5, 5.41) is 5.98. The molecule has 0 aliphatic carbocycles. The monoisotopic (exact) mass is 458 g/mol. The van der Waals surface area contributed by atoms with Crippen LogP contribution in [0.1, 0.15) is 59.8 Å². The molecule has 182 valence electrons. The average Bonchev–Trinajstić information content (AvgIpc) is 3.06. The average molecular weight is 459 g/mol. The Kier molecular flexibility index (Phi) is 10.6. The molecule has 0 saturated carbocycles. The maximum Gasteiger partial charge on any atom is 0.344 e. The molecule has 1 aromatic carbocycles. The van der Waals surface area contributed by atoms with Gasteiger partial charge in [-0.2, -0.15) is 5.10 Å². The second-order valence-corrected chi connectivity index (χ2v) is 8.99. The minimum Gasteiger partial charge on any atom is -0.342 e. The van der Waals surface area contributed by atoms with Crippen LogP contribution in [-0.2, 0) is 4.79 Å². The maximum atomic E-state index is 13.3. The van der Waals surface area contributed by atoms with Crippen molar-refractivity contribution in [2.24, 2.45) is 16.9 Å². The molecule has 7 heteroatoms. The summed E-state index contributed by atoms with van der Waals surface area (Å²) in [6, 6.07) is 5.58. The van der Waals surface area contributed by atoms with Gasteiger partial charge in [0.1, 0.15) is 5.82 Å². The van der Waals surface area contributed by atoms with E-state index in [1.54, 1.807) is 25.4 Å². The van der Waals surface area contributed by atoms with Gasteiger partial charge in [0.25, 0.3) is 0 Å². The summed E-state index contributed by atoms with van der Waals surface area (Å²) < 4.78 is 13.3. The number of amides is 3. The molecule has 3 amide bonds. The summed E-state index contributed by atoms with van der Waals surface area (Å²) in [6.45, 7) is 9.94. The molecule has 2 atom stereocenters. The number of rotatable bonds is 8. The summed E-state index contributed by atoms with van der Waals surface area (Å²) >= 11 is 0. The Balaban J connectivity index is 2.11. The van der Waals surface area contributed by atoms with Crippen molar-refractivity contribution in [3.63, 3.8) is 0 Å². The number of urea groups is 1. The number of carbonyl (C=O) groups is 2. The van der Waals surface area contributed by atoms with Crippen LogP contribution in [0.3, 0.4) is 0 Å². The Morgan fingerprint density at radius 3 is 2.58 bits per heavy atom. The van der Waals surface area contributed by atoms with Gasteiger partial charge in [-0.25, -0.2) is 14.2 Å². The van der Waals surface area contributed by atoms with Gasteiger partial charge in [0.15, 0.2) is 0 Å². The van der Waals surface area contributed by atoms with E-state index in [0.29, 0.717) is 18.8 Å². The SMILES string of the molecule is C/C=C(C)/C=N/N(CC1CCCN(C(=O)C(C)CCC)CC1)C(=O)N(C)c1ccc(F)cc1. The highest BCUT2D eigenvalue weighted by Gasteiger charge is 2.27. The molecule has 6 nitrogen and oxygen atoms in total. The van der Waals surface area contributed by atoms with Crippen molar-refractivity contribution in [2.75, 3.05) is 31.6 Å². The number of carbonyl (C=O) groups excluding carboxylic acids is 2. The fourth-order valence-electron chi connectivity index (χ4n) is 4.04. The Morgan fingerprint density at radius 1 is 1.24 bits per heavy atom. The van der Waals surface area contributed by atoms with E-state index >= 15 is 0 Å². The van der Waals surface area contributed by atoms with Crippen molar-refractivity contribution in [3.05, 3.63) is 41.7 Å². The lowest BCUT2D eigenvalue weighted by molar-refractivity contribution is -0.135. The summed E-state index contributed by atoms with van der Waals surface area (Å²) in [4.78, 5) is 29.5.